The Labute approximate surface area is 150 Å². The van der Waals surface area contributed by atoms with E-state index in [4.69, 9.17) is 27.9 Å². The van der Waals surface area contributed by atoms with Crippen LogP contribution in [0.1, 0.15) is 10.4 Å². The average Bonchev–Trinajstić information content (AvgIpc) is 2.53. The predicted octanol–water partition coefficient (Wildman–Crippen LogP) is 4.07. The molecular formula is C14H9Cl2N3O6. The van der Waals surface area contributed by atoms with Crippen molar-refractivity contribution in [1.29, 1.82) is 0 Å². The Kier molecular flexibility index (Phi) is 5.40. The van der Waals surface area contributed by atoms with Crippen molar-refractivity contribution < 1.29 is 19.4 Å². The molecule has 130 valence electrons. The minimum Gasteiger partial charge on any atom is -0.485 e. The number of nitro benzene ring substituents is 2. The van der Waals surface area contributed by atoms with Crippen molar-refractivity contribution in [3.63, 3.8) is 0 Å². The van der Waals surface area contributed by atoms with Crippen molar-refractivity contribution in [2.24, 2.45) is 0 Å². The van der Waals surface area contributed by atoms with Crippen LogP contribution in [-0.2, 0) is 0 Å². The fourth-order valence-electron chi connectivity index (χ4n) is 2.02. The maximum Gasteiger partial charge on any atom is 0.320 e. The summed E-state index contributed by atoms with van der Waals surface area (Å²) in [7, 11) is 1.07. The van der Waals surface area contributed by atoms with Crippen molar-refractivity contribution in [3.05, 3.63) is 66.2 Å². The summed E-state index contributed by atoms with van der Waals surface area (Å²) in [6.45, 7) is 0. The zero-order valence-corrected chi connectivity index (χ0v) is 14.0. The lowest BCUT2D eigenvalue weighted by atomic mass is 10.2. The van der Waals surface area contributed by atoms with E-state index in [0.29, 0.717) is 5.02 Å². The molecule has 0 aromatic heterocycles. The third-order valence-electron chi connectivity index (χ3n) is 3.08. The highest BCUT2D eigenvalue weighted by molar-refractivity contribution is 6.37. The number of methoxy groups -OCH3 is 1. The van der Waals surface area contributed by atoms with Gasteiger partial charge in [0.05, 0.1) is 33.2 Å². The van der Waals surface area contributed by atoms with Crippen molar-refractivity contribution in [2.75, 3.05) is 12.4 Å². The Hall–Kier alpha value is -2.91. The third kappa shape index (κ3) is 3.95. The molecule has 0 aliphatic heterocycles. The highest BCUT2D eigenvalue weighted by atomic mass is 35.5. The summed E-state index contributed by atoms with van der Waals surface area (Å²) in [5.41, 5.74) is -1.43. The number of carbonyl (C=O) groups is 1. The number of rotatable bonds is 5. The minimum absolute atomic E-state index is 0.0483. The Morgan fingerprint density at radius 1 is 1.08 bits per heavy atom. The molecule has 0 aliphatic rings. The van der Waals surface area contributed by atoms with E-state index in [1.807, 2.05) is 0 Å². The van der Waals surface area contributed by atoms with Crippen LogP contribution >= 0.6 is 23.2 Å². The first-order valence-corrected chi connectivity index (χ1v) is 7.27. The van der Waals surface area contributed by atoms with Crippen molar-refractivity contribution >= 4 is 46.2 Å². The van der Waals surface area contributed by atoms with Crippen molar-refractivity contribution in [1.82, 2.24) is 0 Å². The van der Waals surface area contributed by atoms with Gasteiger partial charge in [-0.05, 0) is 18.2 Å². The predicted molar refractivity (Wildman–Crippen MR) is 90.7 cm³/mol. The van der Waals surface area contributed by atoms with Gasteiger partial charge in [-0.25, -0.2) is 0 Å². The molecule has 0 bridgehead atoms. The summed E-state index contributed by atoms with van der Waals surface area (Å²) in [6, 6.07) is 6.03. The van der Waals surface area contributed by atoms with E-state index in [1.165, 1.54) is 18.2 Å². The van der Waals surface area contributed by atoms with E-state index < -0.39 is 32.9 Å². The number of halogens is 2. The summed E-state index contributed by atoms with van der Waals surface area (Å²) >= 11 is 11.7. The number of nitro groups is 2. The van der Waals surface area contributed by atoms with Crippen molar-refractivity contribution in [2.45, 2.75) is 0 Å². The summed E-state index contributed by atoms with van der Waals surface area (Å²) in [5, 5.41) is 24.9. The number of nitrogens with one attached hydrogen (secondary N) is 1. The van der Waals surface area contributed by atoms with Gasteiger partial charge in [-0.15, -0.1) is 0 Å². The largest absolute Gasteiger partial charge is 0.485 e. The molecular weight excluding hydrogens is 377 g/mol. The van der Waals surface area contributed by atoms with Gasteiger partial charge < -0.3 is 10.1 Å². The molecule has 1 N–H and O–H groups in total. The Balaban J connectivity index is 2.47. The molecule has 0 unspecified atom stereocenters. The summed E-state index contributed by atoms with van der Waals surface area (Å²) in [6.07, 6.45) is 0. The topological polar surface area (TPSA) is 125 Å². The number of benzene rings is 2. The van der Waals surface area contributed by atoms with Crippen molar-refractivity contribution in [3.8, 4) is 5.75 Å². The molecule has 0 aliphatic carbocycles. The van der Waals surface area contributed by atoms with Gasteiger partial charge in [0.2, 0.25) is 0 Å². The molecule has 0 atom stereocenters. The molecule has 0 saturated heterocycles. The maximum absolute atomic E-state index is 12.3. The van der Waals surface area contributed by atoms with Gasteiger partial charge in [-0.2, -0.15) is 0 Å². The Bertz CT molecular complexity index is 852. The number of hydrogen-bond acceptors (Lipinski definition) is 6. The smallest absolute Gasteiger partial charge is 0.320 e. The number of ether oxygens (including phenoxy) is 1. The van der Waals surface area contributed by atoms with E-state index in [-0.39, 0.29) is 16.3 Å². The highest BCUT2D eigenvalue weighted by Gasteiger charge is 2.28. The number of nitrogens with zero attached hydrogens (tertiary/aromatic N) is 2. The van der Waals surface area contributed by atoms with Gasteiger partial charge in [0.1, 0.15) is 0 Å². The summed E-state index contributed by atoms with van der Waals surface area (Å²) in [4.78, 5) is 32.8. The van der Waals surface area contributed by atoms with Gasteiger partial charge in [-0.3, -0.25) is 25.0 Å². The van der Waals surface area contributed by atoms with Crippen LogP contribution in [-0.4, -0.2) is 22.9 Å². The maximum atomic E-state index is 12.3. The first kappa shape index (κ1) is 18.4. The number of carbonyl (C=O) groups excluding carboxylic acids is 1. The van der Waals surface area contributed by atoms with E-state index >= 15 is 0 Å². The van der Waals surface area contributed by atoms with E-state index in [0.717, 1.165) is 19.2 Å². The molecule has 2 rings (SSSR count). The first-order chi connectivity index (χ1) is 11.7. The lowest BCUT2D eigenvalue weighted by molar-refractivity contribution is -0.395. The average molecular weight is 386 g/mol. The minimum atomic E-state index is -0.850. The second kappa shape index (κ2) is 7.32. The van der Waals surface area contributed by atoms with Gasteiger partial charge in [0.25, 0.3) is 11.7 Å². The molecule has 2 aromatic carbocycles. The van der Waals surface area contributed by atoms with E-state index in [2.05, 4.69) is 5.32 Å². The van der Waals surface area contributed by atoms with Crippen LogP contribution in [0, 0.1) is 20.2 Å². The second-order valence-corrected chi connectivity index (χ2v) is 5.48. The molecule has 0 radical (unpaired) electrons. The standard InChI is InChI=1S/C14H9Cl2N3O6/c1-25-13-11(18(21)22)5-8(6-12(13)19(23)24)17-14(20)9-3-2-7(15)4-10(9)16/h2-6H,1H3,(H,17,20). The fourth-order valence-corrected chi connectivity index (χ4v) is 2.52. The number of anilines is 1. The normalized spacial score (nSPS) is 10.2. The zero-order valence-electron chi connectivity index (χ0n) is 12.5. The van der Waals surface area contributed by atoms with Crippen LogP contribution in [0.5, 0.6) is 5.75 Å². The SMILES string of the molecule is COc1c([N+](=O)[O-])cc(NC(=O)c2ccc(Cl)cc2Cl)cc1[N+](=O)[O-]. The van der Waals surface area contributed by atoms with Crippen LogP contribution < -0.4 is 10.1 Å². The number of amides is 1. The summed E-state index contributed by atoms with van der Waals surface area (Å²) < 4.78 is 4.74. The summed E-state index contributed by atoms with van der Waals surface area (Å²) in [5.74, 6) is -1.23. The zero-order chi connectivity index (χ0) is 18.7. The van der Waals surface area contributed by atoms with Crippen LogP contribution in [0.25, 0.3) is 0 Å². The molecule has 2 aromatic rings. The highest BCUT2D eigenvalue weighted by Crippen LogP contribution is 2.39. The quantitative estimate of drug-likeness (QED) is 0.610. The molecule has 0 fully saturated rings. The van der Waals surface area contributed by atoms with Crippen LogP contribution in [0.3, 0.4) is 0 Å². The molecule has 25 heavy (non-hydrogen) atoms. The van der Waals surface area contributed by atoms with Crippen LogP contribution in [0.15, 0.2) is 30.3 Å². The molecule has 11 heteroatoms. The van der Waals surface area contributed by atoms with E-state index in [1.54, 1.807) is 0 Å². The second-order valence-electron chi connectivity index (χ2n) is 4.64. The van der Waals surface area contributed by atoms with Crippen LogP contribution in [0.2, 0.25) is 10.0 Å². The lowest BCUT2D eigenvalue weighted by Gasteiger charge is -2.09. The first-order valence-electron chi connectivity index (χ1n) is 6.51. The molecule has 0 saturated carbocycles. The molecule has 1 amide bonds. The van der Waals surface area contributed by atoms with Gasteiger partial charge in [0, 0.05) is 17.2 Å². The molecule has 0 spiro atoms. The van der Waals surface area contributed by atoms with Crippen LogP contribution in [0.4, 0.5) is 17.1 Å². The molecule has 9 nitrogen and oxygen atoms in total. The Morgan fingerprint density at radius 3 is 2.08 bits per heavy atom. The monoisotopic (exact) mass is 385 g/mol. The number of hydrogen-bond donors (Lipinski definition) is 1. The van der Waals surface area contributed by atoms with E-state index in [9.17, 15) is 25.0 Å². The fraction of sp³-hybridized carbons (Fsp3) is 0.0714. The van der Waals surface area contributed by atoms with Gasteiger partial charge in [0.15, 0.2) is 0 Å². The third-order valence-corrected chi connectivity index (χ3v) is 3.63. The lowest BCUT2D eigenvalue weighted by Crippen LogP contribution is -2.13. The van der Waals surface area contributed by atoms with Gasteiger partial charge in [-0.1, -0.05) is 23.2 Å². The van der Waals surface area contributed by atoms with Gasteiger partial charge >= 0.3 is 11.4 Å². The Morgan fingerprint density at radius 2 is 1.64 bits per heavy atom. The molecule has 0 heterocycles.